The first kappa shape index (κ1) is 21.3. The Morgan fingerprint density at radius 1 is 1.10 bits per heavy atom. The molecule has 0 amide bonds. The number of hydrogen-bond donors (Lipinski definition) is 2. The van der Waals surface area contributed by atoms with Crippen molar-refractivity contribution in [2.24, 2.45) is 5.73 Å². The topological polar surface area (TPSA) is 69.4 Å². The van der Waals surface area contributed by atoms with Crippen molar-refractivity contribution in [3.8, 4) is 11.5 Å². The fourth-order valence-electron chi connectivity index (χ4n) is 4.56. The van der Waals surface area contributed by atoms with Crippen LogP contribution in [0.1, 0.15) is 46.1 Å². The van der Waals surface area contributed by atoms with Gasteiger partial charge in [0.15, 0.2) is 0 Å². The fourth-order valence-corrected chi connectivity index (χ4v) is 4.56. The van der Waals surface area contributed by atoms with Gasteiger partial charge in [-0.05, 0) is 66.4 Å². The van der Waals surface area contributed by atoms with E-state index in [2.05, 4.69) is 34.6 Å². The number of benzene rings is 2. The van der Waals surface area contributed by atoms with Crippen molar-refractivity contribution in [3.63, 3.8) is 0 Å². The molecule has 1 aliphatic heterocycles. The summed E-state index contributed by atoms with van der Waals surface area (Å²) in [7, 11) is 1.69. The smallest absolute Gasteiger partial charge is 0.124 e. The summed E-state index contributed by atoms with van der Waals surface area (Å²) >= 11 is 0. The maximum Gasteiger partial charge on any atom is 0.124 e. The predicted molar refractivity (Wildman–Crippen MR) is 119 cm³/mol. The van der Waals surface area contributed by atoms with Gasteiger partial charge in [-0.3, -0.25) is 14.7 Å². The highest BCUT2D eigenvalue weighted by molar-refractivity contribution is 5.58. The number of methoxy groups -OCH3 is 1. The van der Waals surface area contributed by atoms with Crippen LogP contribution in [0.2, 0.25) is 0 Å². The van der Waals surface area contributed by atoms with E-state index < -0.39 is 18.4 Å². The number of halogens is 1. The molecule has 1 aromatic heterocycles. The van der Waals surface area contributed by atoms with Crippen LogP contribution in [0.5, 0.6) is 11.5 Å². The minimum Gasteiger partial charge on any atom is -0.496 e. The molecular formula is C25H28FN3O2. The van der Waals surface area contributed by atoms with Crippen LogP contribution in [-0.4, -0.2) is 25.4 Å². The fraction of sp³-hybridized carbons (Fsp3) is 0.320. The van der Waals surface area contributed by atoms with Gasteiger partial charge in [0.2, 0.25) is 0 Å². The first-order valence-corrected chi connectivity index (χ1v) is 10.4. The highest BCUT2D eigenvalue weighted by Crippen LogP contribution is 2.46. The van der Waals surface area contributed by atoms with Crippen LogP contribution in [0.3, 0.4) is 0 Å². The van der Waals surface area contributed by atoms with E-state index in [9.17, 15) is 4.39 Å². The van der Waals surface area contributed by atoms with Crippen molar-refractivity contribution in [2.45, 2.75) is 32.0 Å². The zero-order chi connectivity index (χ0) is 22.0. The summed E-state index contributed by atoms with van der Waals surface area (Å²) in [5.41, 5.74) is 11.7. The second-order valence-electron chi connectivity index (χ2n) is 7.87. The first-order valence-electron chi connectivity index (χ1n) is 10.4. The molecule has 4 rings (SSSR count). The van der Waals surface area contributed by atoms with Crippen molar-refractivity contribution in [2.75, 3.05) is 20.4 Å². The summed E-state index contributed by atoms with van der Waals surface area (Å²) < 4.78 is 23.9. The van der Waals surface area contributed by atoms with Crippen LogP contribution in [0, 0.1) is 13.8 Å². The third-order valence-corrected chi connectivity index (χ3v) is 5.82. The Bertz CT molecular complexity index is 1060. The van der Waals surface area contributed by atoms with E-state index in [1.165, 1.54) is 0 Å². The van der Waals surface area contributed by atoms with Gasteiger partial charge >= 0.3 is 0 Å². The number of nitrogens with two attached hydrogens (primary N) is 1. The number of nitrogens with zero attached hydrogens (tertiary/aromatic N) is 1. The van der Waals surface area contributed by atoms with Gasteiger partial charge in [0, 0.05) is 18.2 Å². The Morgan fingerprint density at radius 3 is 2.58 bits per heavy atom. The van der Waals surface area contributed by atoms with E-state index >= 15 is 0 Å². The quantitative estimate of drug-likeness (QED) is 0.557. The minimum absolute atomic E-state index is 0.332. The Kier molecular flexibility index (Phi) is 5.94. The molecule has 162 valence electrons. The molecule has 0 bridgehead atoms. The number of fused-ring (bicyclic) bond motifs is 1. The summed E-state index contributed by atoms with van der Waals surface area (Å²) in [6.45, 7) is 4.01. The van der Waals surface area contributed by atoms with Gasteiger partial charge in [-0.2, -0.15) is 0 Å². The Balaban J connectivity index is 1.92. The normalized spacial score (nSPS) is 19.8. The van der Waals surface area contributed by atoms with E-state index in [1.54, 1.807) is 13.3 Å². The van der Waals surface area contributed by atoms with Crippen molar-refractivity contribution < 1.29 is 13.9 Å². The predicted octanol–water partition coefficient (Wildman–Crippen LogP) is 4.30. The maximum absolute atomic E-state index is 12.5. The van der Waals surface area contributed by atoms with E-state index in [-0.39, 0.29) is 0 Å². The summed E-state index contributed by atoms with van der Waals surface area (Å²) in [5.74, 6) is 1.57. The molecule has 2 atom stereocenters. The molecule has 0 saturated heterocycles. The van der Waals surface area contributed by atoms with Gasteiger partial charge in [0.05, 0.1) is 31.6 Å². The van der Waals surface area contributed by atoms with Crippen LogP contribution < -0.4 is 20.5 Å². The van der Waals surface area contributed by atoms with Gasteiger partial charge in [-0.15, -0.1) is 0 Å². The lowest BCUT2D eigenvalue weighted by molar-refractivity contribution is 0.289. The molecule has 3 aromatic rings. The molecule has 31 heavy (non-hydrogen) atoms. The van der Waals surface area contributed by atoms with E-state index in [4.69, 9.17) is 15.2 Å². The lowest BCUT2D eigenvalue weighted by atomic mass is 9.77. The van der Waals surface area contributed by atoms with E-state index in [0.29, 0.717) is 18.8 Å². The second-order valence-corrected chi connectivity index (χ2v) is 7.87. The van der Waals surface area contributed by atoms with Crippen molar-refractivity contribution in [1.82, 2.24) is 10.3 Å². The number of pyridine rings is 1. The number of nitrogens with one attached hydrogen (secondary N) is 1. The summed E-state index contributed by atoms with van der Waals surface area (Å²) in [4.78, 5) is 4.56. The number of aromatic nitrogens is 1. The summed E-state index contributed by atoms with van der Waals surface area (Å²) in [5, 5.41) is 3.61. The van der Waals surface area contributed by atoms with Crippen LogP contribution in [0.4, 0.5) is 4.39 Å². The SMILES string of the molecule is COc1c(C)cc(C2(c3cccc(OCCCF)c3)NC(N)c3ncccc32)cc1C. The molecule has 0 radical (unpaired) electrons. The number of alkyl halides is 1. The number of rotatable bonds is 7. The van der Waals surface area contributed by atoms with Crippen LogP contribution in [-0.2, 0) is 5.54 Å². The zero-order valence-corrected chi connectivity index (χ0v) is 18.1. The first-order chi connectivity index (χ1) is 15.0. The minimum atomic E-state index is -0.704. The molecule has 0 saturated carbocycles. The third-order valence-electron chi connectivity index (χ3n) is 5.82. The van der Waals surface area contributed by atoms with Crippen molar-refractivity contribution >= 4 is 0 Å². The summed E-state index contributed by atoms with van der Waals surface area (Å²) in [6.07, 6.45) is 1.70. The zero-order valence-electron chi connectivity index (χ0n) is 18.1. The van der Waals surface area contributed by atoms with Crippen LogP contribution >= 0.6 is 0 Å². The molecule has 2 aromatic carbocycles. The van der Waals surface area contributed by atoms with E-state index in [1.807, 2.05) is 38.1 Å². The lowest BCUT2D eigenvalue weighted by Crippen LogP contribution is -2.42. The van der Waals surface area contributed by atoms with Gasteiger partial charge in [-0.25, -0.2) is 0 Å². The molecule has 6 heteroatoms. The molecular weight excluding hydrogens is 393 g/mol. The molecule has 0 spiro atoms. The largest absolute Gasteiger partial charge is 0.496 e. The third kappa shape index (κ3) is 3.66. The Hall–Kier alpha value is -2.96. The van der Waals surface area contributed by atoms with Gasteiger partial charge in [0.1, 0.15) is 17.7 Å². The van der Waals surface area contributed by atoms with Gasteiger partial charge in [-0.1, -0.05) is 18.2 Å². The van der Waals surface area contributed by atoms with E-state index in [0.717, 1.165) is 39.3 Å². The van der Waals surface area contributed by atoms with Crippen LogP contribution in [0.15, 0.2) is 54.7 Å². The monoisotopic (exact) mass is 421 g/mol. The van der Waals surface area contributed by atoms with Crippen molar-refractivity contribution in [1.29, 1.82) is 0 Å². The molecule has 1 aliphatic rings. The number of aryl methyl sites for hydroxylation is 2. The Labute approximate surface area is 182 Å². The standard InChI is InChI=1S/C25H28FN3O2/c1-16-13-19(14-17(2)23(16)30-3)25(21-9-5-11-28-22(21)24(27)29-25)18-7-4-8-20(15-18)31-12-6-10-26/h4-5,7-9,11,13-15,24,29H,6,10,12,27H2,1-3H3. The summed E-state index contributed by atoms with van der Waals surface area (Å²) in [6, 6.07) is 16.1. The lowest BCUT2D eigenvalue weighted by Gasteiger charge is -2.34. The Morgan fingerprint density at radius 2 is 1.87 bits per heavy atom. The molecule has 2 unspecified atom stereocenters. The van der Waals surface area contributed by atoms with Gasteiger partial charge < -0.3 is 15.2 Å². The molecule has 3 N–H and O–H groups in total. The molecule has 0 fully saturated rings. The van der Waals surface area contributed by atoms with Gasteiger partial charge in [0.25, 0.3) is 0 Å². The average Bonchev–Trinajstić information content (AvgIpc) is 3.08. The van der Waals surface area contributed by atoms with Crippen LogP contribution in [0.25, 0.3) is 0 Å². The number of hydrogen-bond acceptors (Lipinski definition) is 5. The maximum atomic E-state index is 12.5. The molecule has 0 aliphatic carbocycles. The highest BCUT2D eigenvalue weighted by atomic mass is 19.1. The highest BCUT2D eigenvalue weighted by Gasteiger charge is 2.46. The average molecular weight is 422 g/mol. The molecule has 5 nitrogen and oxygen atoms in total. The second kappa shape index (κ2) is 8.65. The van der Waals surface area contributed by atoms with Crippen molar-refractivity contribution in [3.05, 3.63) is 88.2 Å². The molecule has 2 heterocycles. The number of ether oxygens (including phenoxy) is 2.